The van der Waals surface area contributed by atoms with Crippen molar-refractivity contribution in [2.45, 2.75) is 5.75 Å². The number of carbonyl (C=O) groups is 1. The molecule has 3 rings (SSSR count). The maximum Gasteiger partial charge on any atom is 0.199 e. The molecule has 3 aromatic rings. The third-order valence-corrected chi connectivity index (χ3v) is 5.93. The van der Waals surface area contributed by atoms with Crippen molar-refractivity contribution in [3.8, 4) is 0 Å². The van der Waals surface area contributed by atoms with Gasteiger partial charge in [-0.15, -0.1) is 11.8 Å². The molecule has 0 bridgehead atoms. The van der Waals surface area contributed by atoms with Crippen molar-refractivity contribution in [2.24, 2.45) is 0 Å². The third-order valence-electron chi connectivity index (χ3n) is 3.81. The van der Waals surface area contributed by atoms with E-state index in [1.807, 2.05) is 54.6 Å². The Bertz CT molecular complexity index is 949. The van der Waals surface area contributed by atoms with Gasteiger partial charge in [-0.1, -0.05) is 63.4 Å². The van der Waals surface area contributed by atoms with E-state index in [0.29, 0.717) is 26.3 Å². The largest absolute Gasteiger partial charge is 0.288 e. The van der Waals surface area contributed by atoms with Gasteiger partial charge in [0.25, 0.3) is 0 Å². The predicted octanol–water partition coefficient (Wildman–Crippen LogP) is 7.91. The molecule has 3 aromatic carbocycles. The molecule has 1 nitrogen and oxygen atoms in total. The van der Waals surface area contributed by atoms with Gasteiger partial charge in [-0.25, -0.2) is 0 Å². The zero-order chi connectivity index (χ0) is 19.2. The Kier molecular flexibility index (Phi) is 7.20. The van der Waals surface area contributed by atoms with Gasteiger partial charge in [0, 0.05) is 25.8 Å². The van der Waals surface area contributed by atoms with Gasteiger partial charge in [0.1, 0.15) is 0 Å². The Morgan fingerprint density at radius 1 is 0.852 bits per heavy atom. The van der Waals surface area contributed by atoms with E-state index in [2.05, 4.69) is 15.9 Å². The quantitative estimate of drug-likeness (QED) is 0.265. The van der Waals surface area contributed by atoms with Gasteiger partial charge in [0.05, 0.1) is 4.91 Å². The summed E-state index contributed by atoms with van der Waals surface area (Å²) in [7, 11) is 0. The number of thioether (sulfide) groups is 1. The fourth-order valence-corrected chi connectivity index (χ4v) is 3.87. The topological polar surface area (TPSA) is 17.1 Å². The average molecular weight is 478 g/mol. The molecule has 0 radical (unpaired) electrons. The normalized spacial score (nSPS) is 11.4. The first-order valence-corrected chi connectivity index (χ1v) is 10.7. The van der Waals surface area contributed by atoms with Crippen LogP contribution in [0.3, 0.4) is 0 Å². The highest BCUT2D eigenvalue weighted by atomic mass is 79.9. The molecule has 0 heterocycles. The van der Waals surface area contributed by atoms with E-state index in [0.717, 1.165) is 15.6 Å². The summed E-state index contributed by atoms with van der Waals surface area (Å²) in [4.78, 5) is 13.7. The lowest BCUT2D eigenvalue weighted by Gasteiger charge is -2.08. The zero-order valence-corrected chi connectivity index (χ0v) is 18.1. The number of hydrogen-bond donors (Lipinski definition) is 0. The second-order valence-corrected chi connectivity index (χ2v) is 8.62. The van der Waals surface area contributed by atoms with Gasteiger partial charge in [-0.2, -0.15) is 0 Å². The van der Waals surface area contributed by atoms with Crippen molar-refractivity contribution in [1.29, 1.82) is 0 Å². The van der Waals surface area contributed by atoms with Crippen LogP contribution in [0.1, 0.15) is 21.5 Å². The first-order valence-electron chi connectivity index (χ1n) is 8.16. The standard InChI is InChI=1S/C22H15BrCl2OS/c23-18-7-1-15(2-8-18)13-21(22(26)17-5-11-20(25)12-6-17)27-14-16-3-9-19(24)10-4-16/h1-13H,14H2/b21-13+. The van der Waals surface area contributed by atoms with Crippen LogP contribution in [0.2, 0.25) is 10.0 Å². The fraction of sp³-hybridized carbons (Fsp3) is 0.0455. The first kappa shape index (κ1) is 20.2. The number of Topliss-reactive ketones (excluding diaryl/α,β-unsaturated/α-hetero) is 1. The van der Waals surface area contributed by atoms with E-state index in [1.54, 1.807) is 24.3 Å². The summed E-state index contributed by atoms with van der Waals surface area (Å²) >= 11 is 16.8. The van der Waals surface area contributed by atoms with Gasteiger partial charge in [0.15, 0.2) is 5.78 Å². The average Bonchev–Trinajstić information content (AvgIpc) is 2.68. The predicted molar refractivity (Wildman–Crippen MR) is 121 cm³/mol. The van der Waals surface area contributed by atoms with Crippen LogP contribution in [-0.2, 0) is 5.75 Å². The number of allylic oxidation sites excluding steroid dienone is 1. The number of ketones is 1. The number of rotatable bonds is 6. The van der Waals surface area contributed by atoms with E-state index in [4.69, 9.17) is 23.2 Å². The minimum atomic E-state index is -0.0199. The summed E-state index contributed by atoms with van der Waals surface area (Å²) in [6, 6.07) is 22.5. The van der Waals surface area contributed by atoms with Gasteiger partial charge in [0.2, 0.25) is 0 Å². The zero-order valence-electron chi connectivity index (χ0n) is 14.2. The molecule has 5 heteroatoms. The van der Waals surface area contributed by atoms with Gasteiger partial charge < -0.3 is 0 Å². The van der Waals surface area contributed by atoms with Crippen LogP contribution >= 0.6 is 50.9 Å². The molecule has 0 fully saturated rings. The summed E-state index contributed by atoms with van der Waals surface area (Å²) in [5.74, 6) is 0.660. The molecule has 0 unspecified atom stereocenters. The van der Waals surface area contributed by atoms with Crippen LogP contribution in [0.5, 0.6) is 0 Å². The lowest BCUT2D eigenvalue weighted by atomic mass is 10.1. The van der Waals surface area contributed by atoms with E-state index in [-0.39, 0.29) is 5.78 Å². The third kappa shape index (κ3) is 5.98. The van der Waals surface area contributed by atoms with Gasteiger partial charge in [-0.05, 0) is 65.7 Å². The molecule has 0 aliphatic heterocycles. The van der Waals surface area contributed by atoms with Crippen molar-refractivity contribution in [3.05, 3.63) is 109 Å². The van der Waals surface area contributed by atoms with Crippen LogP contribution < -0.4 is 0 Å². The minimum Gasteiger partial charge on any atom is -0.288 e. The van der Waals surface area contributed by atoms with Gasteiger partial charge >= 0.3 is 0 Å². The van der Waals surface area contributed by atoms with Crippen LogP contribution in [0.4, 0.5) is 0 Å². The van der Waals surface area contributed by atoms with E-state index >= 15 is 0 Å². The van der Waals surface area contributed by atoms with Crippen molar-refractivity contribution < 1.29 is 4.79 Å². The SMILES string of the molecule is O=C(/C(=C\c1ccc(Br)cc1)SCc1ccc(Cl)cc1)c1ccc(Cl)cc1. The lowest BCUT2D eigenvalue weighted by molar-refractivity contribution is 0.104. The summed E-state index contributed by atoms with van der Waals surface area (Å²) in [5, 5.41) is 1.31. The molecular weight excluding hydrogens is 463 g/mol. The number of benzene rings is 3. The molecule has 0 spiro atoms. The molecular formula is C22H15BrCl2OS. The highest BCUT2D eigenvalue weighted by Gasteiger charge is 2.14. The highest BCUT2D eigenvalue weighted by Crippen LogP contribution is 2.28. The Morgan fingerprint density at radius 3 is 2.00 bits per heavy atom. The Hall–Kier alpha value is -1.52. The maximum absolute atomic E-state index is 13.0. The van der Waals surface area contributed by atoms with E-state index < -0.39 is 0 Å². The fourth-order valence-electron chi connectivity index (χ4n) is 2.37. The first-order chi connectivity index (χ1) is 13.0. The monoisotopic (exact) mass is 476 g/mol. The summed E-state index contributed by atoms with van der Waals surface area (Å²) in [5.41, 5.74) is 2.69. The summed E-state index contributed by atoms with van der Waals surface area (Å²) in [6.07, 6.45) is 1.92. The highest BCUT2D eigenvalue weighted by molar-refractivity contribution is 9.10. The number of hydrogen-bond acceptors (Lipinski definition) is 2. The van der Waals surface area contributed by atoms with Crippen molar-refractivity contribution >= 4 is 62.8 Å². The minimum absolute atomic E-state index is 0.0199. The second-order valence-electron chi connectivity index (χ2n) is 5.81. The van der Waals surface area contributed by atoms with E-state index in [9.17, 15) is 4.79 Å². The molecule has 0 aromatic heterocycles. The maximum atomic E-state index is 13.0. The number of halogens is 3. The molecule has 0 saturated heterocycles. The molecule has 27 heavy (non-hydrogen) atoms. The molecule has 0 atom stereocenters. The molecule has 0 aliphatic rings. The van der Waals surface area contributed by atoms with E-state index in [1.165, 1.54) is 11.8 Å². The molecule has 0 amide bonds. The van der Waals surface area contributed by atoms with Gasteiger partial charge in [-0.3, -0.25) is 4.79 Å². The molecule has 136 valence electrons. The molecule has 0 aliphatic carbocycles. The Morgan fingerprint density at radius 2 is 1.41 bits per heavy atom. The summed E-state index contributed by atoms with van der Waals surface area (Å²) in [6.45, 7) is 0. The van der Waals surface area contributed by atoms with Crippen LogP contribution in [0, 0.1) is 0 Å². The van der Waals surface area contributed by atoms with Crippen LogP contribution in [0.15, 0.2) is 82.2 Å². The van der Waals surface area contributed by atoms with Crippen LogP contribution in [-0.4, -0.2) is 5.78 Å². The van der Waals surface area contributed by atoms with Crippen LogP contribution in [0.25, 0.3) is 6.08 Å². The molecule has 0 saturated carbocycles. The van der Waals surface area contributed by atoms with Crippen molar-refractivity contribution in [2.75, 3.05) is 0 Å². The van der Waals surface area contributed by atoms with Crippen molar-refractivity contribution in [3.63, 3.8) is 0 Å². The molecule has 0 N–H and O–H groups in total. The lowest BCUT2D eigenvalue weighted by Crippen LogP contribution is -2.01. The summed E-state index contributed by atoms with van der Waals surface area (Å²) < 4.78 is 0.999. The second kappa shape index (κ2) is 9.61. The van der Waals surface area contributed by atoms with Crippen molar-refractivity contribution in [1.82, 2.24) is 0 Å². The Labute approximate surface area is 181 Å². The Balaban J connectivity index is 1.87. The number of carbonyl (C=O) groups excluding carboxylic acids is 1. The smallest absolute Gasteiger partial charge is 0.199 e.